The minimum absolute atomic E-state index is 0.246. The van der Waals surface area contributed by atoms with Gasteiger partial charge in [-0.25, -0.2) is 4.79 Å². The molecule has 0 aromatic heterocycles. The van der Waals surface area contributed by atoms with Crippen molar-refractivity contribution in [3.8, 4) is 5.75 Å². The summed E-state index contributed by atoms with van der Waals surface area (Å²) < 4.78 is 5.38. The third kappa shape index (κ3) is 4.63. The number of phenolic OH excluding ortho intramolecular Hbond substituents is 1. The first-order valence-corrected chi connectivity index (χ1v) is 7.32. The molecule has 0 aliphatic carbocycles. The molecule has 0 radical (unpaired) electrons. The topological polar surface area (TPSA) is 53.0 Å². The van der Waals surface area contributed by atoms with E-state index in [1.165, 1.54) is 0 Å². The van der Waals surface area contributed by atoms with E-state index >= 15 is 0 Å². The number of piperazine rings is 1. The number of amides is 1. The molecule has 1 saturated heterocycles. The number of para-hydroxylation sites is 1. The molecule has 5 heteroatoms. The summed E-state index contributed by atoms with van der Waals surface area (Å²) in [7, 11) is 0. The highest BCUT2D eigenvalue weighted by Gasteiger charge is 2.25. The van der Waals surface area contributed by atoms with Crippen molar-refractivity contribution in [1.29, 1.82) is 0 Å². The molecule has 1 aromatic carbocycles. The van der Waals surface area contributed by atoms with Gasteiger partial charge >= 0.3 is 6.09 Å². The lowest BCUT2D eigenvalue weighted by Crippen LogP contribution is -2.49. The van der Waals surface area contributed by atoms with Gasteiger partial charge in [-0.1, -0.05) is 18.2 Å². The molecule has 0 saturated carbocycles. The Labute approximate surface area is 126 Å². The lowest BCUT2D eigenvalue weighted by Gasteiger charge is -2.35. The zero-order chi connectivity index (χ0) is 15.5. The van der Waals surface area contributed by atoms with Gasteiger partial charge in [0.05, 0.1) is 0 Å². The number of carbonyl (C=O) groups is 1. The molecule has 1 amide bonds. The van der Waals surface area contributed by atoms with Gasteiger partial charge in [-0.05, 0) is 26.8 Å². The van der Waals surface area contributed by atoms with Crippen molar-refractivity contribution >= 4 is 6.09 Å². The smallest absolute Gasteiger partial charge is 0.410 e. The van der Waals surface area contributed by atoms with Gasteiger partial charge in [-0.3, -0.25) is 4.90 Å². The molecular formula is C16H24N2O3. The largest absolute Gasteiger partial charge is 0.508 e. The number of ether oxygens (including phenoxy) is 1. The first-order valence-electron chi connectivity index (χ1n) is 7.32. The SMILES string of the molecule is CC(C)(C)OC(=O)N1CCN(Cc2ccccc2O)CC1. The van der Waals surface area contributed by atoms with Gasteiger partial charge in [0.1, 0.15) is 11.4 Å². The zero-order valence-corrected chi connectivity index (χ0v) is 13.0. The van der Waals surface area contributed by atoms with Crippen LogP contribution >= 0.6 is 0 Å². The van der Waals surface area contributed by atoms with E-state index in [9.17, 15) is 9.90 Å². The monoisotopic (exact) mass is 292 g/mol. The molecular weight excluding hydrogens is 268 g/mol. The van der Waals surface area contributed by atoms with E-state index in [-0.39, 0.29) is 6.09 Å². The van der Waals surface area contributed by atoms with E-state index in [2.05, 4.69) is 4.90 Å². The molecule has 2 rings (SSSR count). The van der Waals surface area contributed by atoms with Crippen molar-refractivity contribution in [2.75, 3.05) is 26.2 Å². The van der Waals surface area contributed by atoms with Crippen LogP contribution in [-0.4, -0.2) is 52.8 Å². The lowest BCUT2D eigenvalue weighted by atomic mass is 10.1. The van der Waals surface area contributed by atoms with Crippen molar-refractivity contribution in [2.24, 2.45) is 0 Å². The molecule has 1 N–H and O–H groups in total. The highest BCUT2D eigenvalue weighted by molar-refractivity contribution is 5.68. The molecule has 116 valence electrons. The highest BCUT2D eigenvalue weighted by atomic mass is 16.6. The van der Waals surface area contributed by atoms with Crippen molar-refractivity contribution in [3.63, 3.8) is 0 Å². The fourth-order valence-corrected chi connectivity index (χ4v) is 2.30. The van der Waals surface area contributed by atoms with Gasteiger partial charge in [0.2, 0.25) is 0 Å². The fraction of sp³-hybridized carbons (Fsp3) is 0.562. The van der Waals surface area contributed by atoms with Crippen LogP contribution in [0.25, 0.3) is 0 Å². The van der Waals surface area contributed by atoms with Crippen molar-refractivity contribution in [2.45, 2.75) is 32.9 Å². The molecule has 1 aromatic rings. The summed E-state index contributed by atoms with van der Waals surface area (Å²) in [5, 5.41) is 9.80. The van der Waals surface area contributed by atoms with E-state index < -0.39 is 5.60 Å². The Balaban J connectivity index is 1.83. The van der Waals surface area contributed by atoms with Crippen LogP contribution in [0, 0.1) is 0 Å². The number of nitrogens with zero attached hydrogens (tertiary/aromatic N) is 2. The minimum atomic E-state index is -0.454. The lowest BCUT2D eigenvalue weighted by molar-refractivity contribution is 0.0138. The number of rotatable bonds is 2. The molecule has 0 unspecified atom stereocenters. The van der Waals surface area contributed by atoms with Crippen molar-refractivity contribution < 1.29 is 14.6 Å². The standard InChI is InChI=1S/C16H24N2O3/c1-16(2,3)21-15(20)18-10-8-17(9-11-18)12-13-6-4-5-7-14(13)19/h4-7,19H,8-12H2,1-3H3. The second-order valence-electron chi connectivity index (χ2n) is 6.37. The summed E-state index contributed by atoms with van der Waals surface area (Å²) in [6, 6.07) is 7.37. The number of hydrogen-bond acceptors (Lipinski definition) is 4. The summed E-state index contributed by atoms with van der Waals surface area (Å²) in [6.07, 6.45) is -0.246. The zero-order valence-electron chi connectivity index (χ0n) is 13.0. The van der Waals surface area contributed by atoms with Crippen LogP contribution in [0.4, 0.5) is 4.79 Å². The fourth-order valence-electron chi connectivity index (χ4n) is 2.30. The molecule has 1 aliphatic heterocycles. The summed E-state index contributed by atoms with van der Waals surface area (Å²) in [6.45, 7) is 9.21. The molecule has 1 heterocycles. The Morgan fingerprint density at radius 1 is 1.19 bits per heavy atom. The summed E-state index contributed by atoms with van der Waals surface area (Å²) >= 11 is 0. The van der Waals surface area contributed by atoms with Gasteiger partial charge in [0.15, 0.2) is 0 Å². The maximum Gasteiger partial charge on any atom is 0.410 e. The Hall–Kier alpha value is -1.75. The van der Waals surface area contributed by atoms with Crippen LogP contribution in [0.1, 0.15) is 26.3 Å². The van der Waals surface area contributed by atoms with Gasteiger partial charge in [-0.2, -0.15) is 0 Å². The minimum Gasteiger partial charge on any atom is -0.508 e. The molecule has 0 bridgehead atoms. The van der Waals surface area contributed by atoms with Gasteiger partial charge in [0, 0.05) is 38.3 Å². The number of aromatic hydroxyl groups is 1. The maximum absolute atomic E-state index is 12.0. The van der Waals surface area contributed by atoms with Gasteiger partial charge < -0.3 is 14.7 Å². The second kappa shape index (κ2) is 6.35. The first-order chi connectivity index (χ1) is 9.85. The van der Waals surface area contributed by atoms with Gasteiger partial charge in [-0.15, -0.1) is 0 Å². The molecule has 0 spiro atoms. The summed E-state index contributed by atoms with van der Waals surface area (Å²) in [4.78, 5) is 16.0. The van der Waals surface area contributed by atoms with Crippen molar-refractivity contribution in [3.05, 3.63) is 29.8 Å². The Bertz CT molecular complexity index is 489. The first kappa shape index (κ1) is 15.6. The molecule has 1 aliphatic rings. The molecule has 21 heavy (non-hydrogen) atoms. The summed E-state index contributed by atoms with van der Waals surface area (Å²) in [5.74, 6) is 0.326. The van der Waals surface area contributed by atoms with E-state index in [4.69, 9.17) is 4.74 Å². The Kier molecular flexibility index (Phi) is 4.73. The van der Waals surface area contributed by atoms with Crippen molar-refractivity contribution in [1.82, 2.24) is 9.80 Å². The van der Waals surface area contributed by atoms with Crippen LogP contribution < -0.4 is 0 Å². The van der Waals surface area contributed by atoms with Crippen LogP contribution in [-0.2, 0) is 11.3 Å². The predicted molar refractivity (Wildman–Crippen MR) is 81.2 cm³/mol. The average molecular weight is 292 g/mol. The predicted octanol–water partition coefficient (Wildman–Crippen LogP) is 2.44. The van der Waals surface area contributed by atoms with Gasteiger partial charge in [0.25, 0.3) is 0 Å². The average Bonchev–Trinajstić information content (AvgIpc) is 2.40. The van der Waals surface area contributed by atoms with E-state index in [1.807, 2.05) is 39.0 Å². The highest BCUT2D eigenvalue weighted by Crippen LogP contribution is 2.19. The number of hydrogen-bond donors (Lipinski definition) is 1. The third-order valence-corrected chi connectivity index (χ3v) is 3.41. The Morgan fingerprint density at radius 3 is 2.38 bits per heavy atom. The number of benzene rings is 1. The number of phenols is 1. The second-order valence-corrected chi connectivity index (χ2v) is 6.37. The van der Waals surface area contributed by atoms with Crippen LogP contribution in [0.15, 0.2) is 24.3 Å². The van der Waals surface area contributed by atoms with Crippen LogP contribution in [0.2, 0.25) is 0 Å². The maximum atomic E-state index is 12.0. The van der Waals surface area contributed by atoms with E-state index in [0.29, 0.717) is 25.4 Å². The molecule has 5 nitrogen and oxygen atoms in total. The van der Waals surface area contributed by atoms with E-state index in [0.717, 1.165) is 18.7 Å². The number of carbonyl (C=O) groups excluding carboxylic acids is 1. The molecule has 0 atom stereocenters. The van der Waals surface area contributed by atoms with Crippen LogP contribution in [0.5, 0.6) is 5.75 Å². The third-order valence-electron chi connectivity index (χ3n) is 3.41. The molecule has 1 fully saturated rings. The Morgan fingerprint density at radius 2 is 1.81 bits per heavy atom. The normalized spacial score (nSPS) is 16.8. The van der Waals surface area contributed by atoms with E-state index in [1.54, 1.807) is 11.0 Å². The van der Waals surface area contributed by atoms with Crippen LogP contribution in [0.3, 0.4) is 0 Å². The quantitative estimate of drug-likeness (QED) is 0.909. The summed E-state index contributed by atoms with van der Waals surface area (Å²) in [5.41, 5.74) is 0.465.